The lowest BCUT2D eigenvalue weighted by Gasteiger charge is -2.25. The number of aromatic nitrogens is 2. The Balaban J connectivity index is 1.44. The van der Waals surface area contributed by atoms with Crippen LogP contribution in [0.15, 0.2) is 73.3 Å². The first-order chi connectivity index (χ1) is 13.3. The second kappa shape index (κ2) is 8.18. The minimum atomic E-state index is 0.126. The number of carbonyl (C=O) groups excluding carboxylic acids is 1. The molecule has 0 radical (unpaired) electrons. The monoisotopic (exact) mass is 360 g/mol. The lowest BCUT2D eigenvalue weighted by atomic mass is 10.1. The van der Waals surface area contributed by atoms with E-state index in [2.05, 4.69) is 58.8 Å². The Morgan fingerprint density at radius 1 is 1.07 bits per heavy atom. The average Bonchev–Trinajstić information content (AvgIpc) is 3.38. The van der Waals surface area contributed by atoms with E-state index in [4.69, 9.17) is 0 Å². The molecule has 1 N–H and O–H groups in total. The molecular weight excluding hydrogens is 336 g/mol. The summed E-state index contributed by atoms with van der Waals surface area (Å²) in [6.45, 7) is 2.34. The van der Waals surface area contributed by atoms with E-state index in [1.807, 2.05) is 21.7 Å². The molecule has 4 rings (SSSR count). The molecule has 0 aliphatic carbocycles. The molecule has 138 valence electrons. The van der Waals surface area contributed by atoms with Gasteiger partial charge >= 0.3 is 0 Å². The van der Waals surface area contributed by atoms with Gasteiger partial charge in [0, 0.05) is 44.1 Å². The minimum Gasteiger partial charge on any atom is -0.341 e. The highest BCUT2D eigenvalue weighted by molar-refractivity contribution is 5.78. The smallest absolute Gasteiger partial charge is 0.222 e. The molecule has 1 unspecified atom stereocenters. The van der Waals surface area contributed by atoms with E-state index < -0.39 is 0 Å². The van der Waals surface area contributed by atoms with Crippen molar-refractivity contribution in [2.75, 3.05) is 13.1 Å². The van der Waals surface area contributed by atoms with Crippen molar-refractivity contribution < 1.29 is 4.79 Å². The van der Waals surface area contributed by atoms with Gasteiger partial charge in [-0.05, 0) is 29.7 Å². The van der Waals surface area contributed by atoms with E-state index in [9.17, 15) is 4.79 Å². The number of amides is 1. The summed E-state index contributed by atoms with van der Waals surface area (Å²) in [5, 5.41) is 3.64. The van der Waals surface area contributed by atoms with Crippen LogP contribution in [0.2, 0.25) is 0 Å². The van der Waals surface area contributed by atoms with Gasteiger partial charge in [0.25, 0.3) is 0 Å². The van der Waals surface area contributed by atoms with Crippen LogP contribution in [0.1, 0.15) is 30.0 Å². The second-order valence-electron chi connectivity index (χ2n) is 6.92. The van der Waals surface area contributed by atoms with Crippen molar-refractivity contribution in [1.29, 1.82) is 0 Å². The largest absolute Gasteiger partial charge is 0.341 e. The first-order valence-electron chi connectivity index (χ1n) is 9.43. The van der Waals surface area contributed by atoms with Gasteiger partial charge < -0.3 is 14.8 Å². The van der Waals surface area contributed by atoms with Gasteiger partial charge in [-0.3, -0.25) is 4.79 Å². The fourth-order valence-corrected chi connectivity index (χ4v) is 3.53. The highest BCUT2D eigenvalue weighted by Gasteiger charge is 2.24. The van der Waals surface area contributed by atoms with E-state index in [0.29, 0.717) is 6.42 Å². The second-order valence-corrected chi connectivity index (χ2v) is 6.92. The normalized spacial score (nSPS) is 15.3. The van der Waals surface area contributed by atoms with E-state index in [0.717, 1.165) is 31.7 Å². The summed E-state index contributed by atoms with van der Waals surface area (Å²) < 4.78 is 1.99. The van der Waals surface area contributed by atoms with Crippen molar-refractivity contribution in [2.24, 2.45) is 0 Å². The molecule has 1 atom stereocenters. The number of rotatable bonds is 7. The van der Waals surface area contributed by atoms with Crippen LogP contribution in [0.3, 0.4) is 0 Å². The van der Waals surface area contributed by atoms with Crippen LogP contribution >= 0.6 is 0 Å². The third-order valence-electron chi connectivity index (χ3n) is 5.07. The van der Waals surface area contributed by atoms with Crippen molar-refractivity contribution in [3.05, 3.63) is 84.4 Å². The molecule has 5 nitrogen and oxygen atoms in total. The molecule has 1 amide bonds. The Morgan fingerprint density at radius 2 is 1.89 bits per heavy atom. The van der Waals surface area contributed by atoms with Crippen molar-refractivity contribution >= 4 is 5.91 Å². The average molecular weight is 360 g/mol. The highest BCUT2D eigenvalue weighted by Crippen LogP contribution is 2.19. The third-order valence-corrected chi connectivity index (χ3v) is 5.07. The summed E-state index contributed by atoms with van der Waals surface area (Å²) in [6.07, 6.45) is 7.16. The number of imidazole rings is 1. The molecule has 0 bridgehead atoms. The fourth-order valence-electron chi connectivity index (χ4n) is 3.53. The zero-order valence-electron chi connectivity index (χ0n) is 15.3. The summed E-state index contributed by atoms with van der Waals surface area (Å²) in [7, 11) is 0. The van der Waals surface area contributed by atoms with Crippen LogP contribution in [0.5, 0.6) is 0 Å². The molecule has 5 heteroatoms. The van der Waals surface area contributed by atoms with Gasteiger partial charge in [-0.25, -0.2) is 4.98 Å². The van der Waals surface area contributed by atoms with Crippen LogP contribution in [0, 0.1) is 0 Å². The Bertz CT molecular complexity index is 859. The fraction of sp³-hybridized carbons (Fsp3) is 0.273. The van der Waals surface area contributed by atoms with E-state index in [-0.39, 0.29) is 11.9 Å². The number of nitrogens with zero attached hydrogens (tertiary/aromatic N) is 3. The quantitative estimate of drug-likeness (QED) is 0.703. The van der Waals surface area contributed by atoms with Gasteiger partial charge in [-0.15, -0.1) is 0 Å². The van der Waals surface area contributed by atoms with Crippen molar-refractivity contribution in [2.45, 2.75) is 25.4 Å². The Hall–Kier alpha value is -2.92. The standard InChI is InChI=1S/C22H24N4O/c27-22-7-4-13-25(22)16-21(19-5-2-1-3-6-19)24-15-18-8-10-20(11-9-18)26-14-12-23-17-26/h1-3,5-6,8-12,14,17,21,24H,4,7,13,15-16H2. The van der Waals surface area contributed by atoms with Gasteiger partial charge in [0.05, 0.1) is 12.4 Å². The highest BCUT2D eigenvalue weighted by atomic mass is 16.2. The Kier molecular flexibility index (Phi) is 5.30. The topological polar surface area (TPSA) is 50.2 Å². The lowest BCUT2D eigenvalue weighted by molar-refractivity contribution is -0.128. The van der Waals surface area contributed by atoms with Crippen molar-refractivity contribution in [1.82, 2.24) is 19.8 Å². The molecule has 0 spiro atoms. The Labute approximate surface area is 159 Å². The van der Waals surface area contributed by atoms with Gasteiger partial charge in [-0.2, -0.15) is 0 Å². The molecule has 0 saturated carbocycles. The molecule has 1 aliphatic heterocycles. The van der Waals surface area contributed by atoms with Gasteiger partial charge in [-0.1, -0.05) is 42.5 Å². The van der Waals surface area contributed by atoms with Gasteiger partial charge in [0.15, 0.2) is 0 Å². The maximum atomic E-state index is 12.1. The number of likely N-dealkylation sites (tertiary alicyclic amines) is 1. The molecule has 27 heavy (non-hydrogen) atoms. The van der Waals surface area contributed by atoms with E-state index >= 15 is 0 Å². The number of nitrogens with one attached hydrogen (secondary N) is 1. The SMILES string of the molecule is O=C1CCCN1CC(NCc1ccc(-n2ccnc2)cc1)c1ccccc1. The predicted molar refractivity (Wildman–Crippen MR) is 105 cm³/mol. The third kappa shape index (κ3) is 4.26. The van der Waals surface area contributed by atoms with Crippen molar-refractivity contribution in [3.8, 4) is 5.69 Å². The van der Waals surface area contributed by atoms with E-state index in [1.54, 1.807) is 12.5 Å². The van der Waals surface area contributed by atoms with Crippen LogP contribution in [-0.2, 0) is 11.3 Å². The van der Waals surface area contributed by atoms with E-state index in [1.165, 1.54) is 11.1 Å². The van der Waals surface area contributed by atoms with Crippen LogP contribution in [0.25, 0.3) is 5.69 Å². The zero-order chi connectivity index (χ0) is 18.5. The molecule has 2 heterocycles. The first kappa shape index (κ1) is 17.5. The molecular formula is C22H24N4O. The lowest BCUT2D eigenvalue weighted by Crippen LogP contribution is -2.35. The molecule has 1 saturated heterocycles. The molecule has 1 fully saturated rings. The number of hydrogen-bond donors (Lipinski definition) is 1. The molecule has 2 aromatic carbocycles. The summed E-state index contributed by atoms with van der Waals surface area (Å²) in [4.78, 5) is 18.1. The van der Waals surface area contributed by atoms with Gasteiger partial charge in [0.2, 0.25) is 5.91 Å². The van der Waals surface area contributed by atoms with Crippen molar-refractivity contribution in [3.63, 3.8) is 0 Å². The summed E-state index contributed by atoms with van der Waals surface area (Å²) in [6, 6.07) is 19.0. The number of benzene rings is 2. The van der Waals surface area contributed by atoms with Crippen LogP contribution in [-0.4, -0.2) is 33.4 Å². The number of carbonyl (C=O) groups is 1. The summed E-state index contributed by atoms with van der Waals surface area (Å²) in [5.41, 5.74) is 3.53. The zero-order valence-corrected chi connectivity index (χ0v) is 15.3. The van der Waals surface area contributed by atoms with Gasteiger partial charge in [0.1, 0.15) is 0 Å². The maximum absolute atomic E-state index is 12.1. The first-order valence-corrected chi connectivity index (χ1v) is 9.43. The number of hydrogen-bond acceptors (Lipinski definition) is 3. The minimum absolute atomic E-state index is 0.126. The molecule has 1 aromatic heterocycles. The van der Waals surface area contributed by atoms with Crippen LogP contribution < -0.4 is 5.32 Å². The Morgan fingerprint density at radius 3 is 2.56 bits per heavy atom. The van der Waals surface area contributed by atoms with Crippen LogP contribution in [0.4, 0.5) is 0 Å². The predicted octanol–water partition coefficient (Wildman–Crippen LogP) is 3.33. The summed E-state index contributed by atoms with van der Waals surface area (Å²) in [5.74, 6) is 0.266. The molecule has 1 aliphatic rings. The molecule has 3 aromatic rings. The summed E-state index contributed by atoms with van der Waals surface area (Å²) >= 11 is 0. The maximum Gasteiger partial charge on any atom is 0.222 e.